The Hall–Kier alpha value is -3.33. The molecule has 2 unspecified atom stereocenters. The van der Waals surface area contributed by atoms with Crippen molar-refractivity contribution in [2.24, 2.45) is 0 Å². The molecule has 29 heavy (non-hydrogen) atoms. The molecule has 1 saturated heterocycles. The summed E-state index contributed by atoms with van der Waals surface area (Å²) in [4.78, 5) is 44.7. The van der Waals surface area contributed by atoms with Gasteiger partial charge in [0.25, 0.3) is 0 Å². The first kappa shape index (κ1) is 20.4. The molecule has 2 amide bonds. The van der Waals surface area contributed by atoms with Crippen molar-refractivity contribution < 1.29 is 19.1 Å². The lowest BCUT2D eigenvalue weighted by Crippen LogP contribution is -2.56. The molecule has 1 fully saturated rings. The van der Waals surface area contributed by atoms with Gasteiger partial charge in [0.05, 0.1) is 30.7 Å². The Balaban J connectivity index is 1.62. The van der Waals surface area contributed by atoms with Gasteiger partial charge in [-0.1, -0.05) is 12.1 Å². The summed E-state index contributed by atoms with van der Waals surface area (Å²) >= 11 is 0. The summed E-state index contributed by atoms with van der Waals surface area (Å²) in [5, 5.41) is 8.69. The van der Waals surface area contributed by atoms with E-state index >= 15 is 0 Å². The molecule has 9 heteroatoms. The third-order valence-electron chi connectivity index (χ3n) is 4.50. The summed E-state index contributed by atoms with van der Waals surface area (Å²) in [5.74, 6) is -0.557. The van der Waals surface area contributed by atoms with E-state index < -0.39 is 12.2 Å². The van der Waals surface area contributed by atoms with Crippen LogP contribution in [-0.2, 0) is 14.3 Å². The second-order valence-electron chi connectivity index (χ2n) is 6.60. The Morgan fingerprint density at radius 2 is 1.93 bits per heavy atom. The number of benzene rings is 1. The zero-order chi connectivity index (χ0) is 20.8. The molecule has 0 radical (unpaired) electrons. The Morgan fingerprint density at radius 3 is 2.59 bits per heavy atom. The zero-order valence-electron chi connectivity index (χ0n) is 16.2. The van der Waals surface area contributed by atoms with Gasteiger partial charge in [0, 0.05) is 12.4 Å². The molecule has 1 aromatic heterocycles. The zero-order valence-corrected chi connectivity index (χ0v) is 16.2. The number of carbonyl (C=O) groups is 3. The van der Waals surface area contributed by atoms with Crippen LogP contribution in [0, 0.1) is 0 Å². The average molecular weight is 397 g/mol. The number of amides is 2. The van der Waals surface area contributed by atoms with E-state index in [9.17, 15) is 14.4 Å². The molecule has 9 nitrogen and oxygen atoms in total. The van der Waals surface area contributed by atoms with Crippen LogP contribution in [0.25, 0.3) is 0 Å². The highest BCUT2D eigenvalue weighted by atomic mass is 16.5. The van der Waals surface area contributed by atoms with Crippen LogP contribution < -0.4 is 16.0 Å². The first-order valence-electron chi connectivity index (χ1n) is 9.37. The lowest BCUT2D eigenvalue weighted by atomic mass is 10.0. The summed E-state index contributed by atoms with van der Waals surface area (Å²) in [6.07, 6.45) is 2.53. The second kappa shape index (κ2) is 9.24. The van der Waals surface area contributed by atoms with Crippen LogP contribution in [0.5, 0.6) is 0 Å². The summed E-state index contributed by atoms with van der Waals surface area (Å²) in [6, 6.07) is 7.50. The van der Waals surface area contributed by atoms with E-state index in [1.165, 1.54) is 0 Å². The predicted molar refractivity (Wildman–Crippen MR) is 103 cm³/mol. The third-order valence-corrected chi connectivity index (χ3v) is 4.50. The lowest BCUT2D eigenvalue weighted by molar-refractivity contribution is -0.132. The van der Waals surface area contributed by atoms with Crippen LogP contribution >= 0.6 is 0 Å². The van der Waals surface area contributed by atoms with Crippen LogP contribution in [-0.4, -0.2) is 40.4 Å². The summed E-state index contributed by atoms with van der Waals surface area (Å²) in [6.45, 7) is 3.89. The molecule has 1 aliphatic heterocycles. The Labute approximate surface area is 168 Å². The first-order valence-corrected chi connectivity index (χ1v) is 9.37. The van der Waals surface area contributed by atoms with Crippen molar-refractivity contribution in [2.75, 3.05) is 6.61 Å². The minimum absolute atomic E-state index is 0.0175. The van der Waals surface area contributed by atoms with Crippen molar-refractivity contribution in [3.05, 3.63) is 59.7 Å². The Morgan fingerprint density at radius 1 is 1.24 bits per heavy atom. The number of carbonyl (C=O) groups excluding carboxylic acids is 3. The van der Waals surface area contributed by atoms with Crippen LogP contribution in [0.3, 0.4) is 0 Å². The smallest absolute Gasteiger partial charge is 0.338 e. The molecule has 3 atom stereocenters. The summed E-state index contributed by atoms with van der Waals surface area (Å²) in [7, 11) is 0. The van der Waals surface area contributed by atoms with Gasteiger partial charge in [-0.3, -0.25) is 14.9 Å². The second-order valence-corrected chi connectivity index (χ2v) is 6.60. The first-order chi connectivity index (χ1) is 14.0. The number of hydrogen-bond acceptors (Lipinski definition) is 7. The van der Waals surface area contributed by atoms with Crippen molar-refractivity contribution in [3.8, 4) is 0 Å². The summed E-state index contributed by atoms with van der Waals surface area (Å²) in [5.41, 5.74) is 1.28. The Kier molecular flexibility index (Phi) is 6.50. The number of aromatic nitrogens is 2. The number of esters is 1. The third kappa shape index (κ3) is 5.14. The molecule has 3 rings (SSSR count). The van der Waals surface area contributed by atoms with E-state index in [0.717, 1.165) is 5.56 Å². The maximum Gasteiger partial charge on any atom is 0.338 e. The van der Waals surface area contributed by atoms with Gasteiger partial charge >= 0.3 is 5.97 Å². The molecule has 1 aromatic carbocycles. The van der Waals surface area contributed by atoms with Crippen molar-refractivity contribution in [1.82, 2.24) is 25.9 Å². The predicted octanol–water partition coefficient (Wildman–Crippen LogP) is 1.01. The van der Waals surface area contributed by atoms with E-state index in [2.05, 4.69) is 25.9 Å². The number of nitrogens with one attached hydrogen (secondary N) is 3. The van der Waals surface area contributed by atoms with E-state index in [-0.39, 0.29) is 30.2 Å². The molecule has 0 saturated carbocycles. The molecule has 3 N–H and O–H groups in total. The molecule has 0 spiro atoms. The number of rotatable bonds is 6. The monoisotopic (exact) mass is 397 g/mol. The minimum Gasteiger partial charge on any atom is -0.462 e. The average Bonchev–Trinajstić information content (AvgIpc) is 2.74. The molecular formula is C20H23N5O4. The molecular weight excluding hydrogens is 374 g/mol. The minimum atomic E-state index is -0.709. The maximum absolute atomic E-state index is 12.7. The summed E-state index contributed by atoms with van der Waals surface area (Å²) < 4.78 is 4.96. The molecule has 1 aliphatic rings. The SMILES string of the molecule is CCOC(=O)c1ccc([C@H](C)NC(=O)C2CC(=O)NC(c3ncccn3)N2)cc1. The number of nitrogens with zero attached hydrogens (tertiary/aromatic N) is 2. The molecule has 152 valence electrons. The Bertz CT molecular complexity index is 872. The highest BCUT2D eigenvalue weighted by Gasteiger charge is 2.33. The fraction of sp³-hybridized carbons (Fsp3) is 0.350. The fourth-order valence-electron chi connectivity index (χ4n) is 2.99. The highest BCUT2D eigenvalue weighted by Crippen LogP contribution is 2.16. The largest absolute Gasteiger partial charge is 0.462 e. The van der Waals surface area contributed by atoms with E-state index in [1.54, 1.807) is 49.6 Å². The van der Waals surface area contributed by atoms with Crippen molar-refractivity contribution in [2.45, 2.75) is 38.5 Å². The normalized spacial score (nSPS) is 19.7. The van der Waals surface area contributed by atoms with Gasteiger partial charge in [0.2, 0.25) is 11.8 Å². The van der Waals surface area contributed by atoms with Gasteiger partial charge in [-0.2, -0.15) is 0 Å². The standard InChI is InChI=1S/C20H23N5O4/c1-3-29-20(28)14-7-5-13(6-8-14)12(2)23-19(27)15-11-16(26)25-18(24-15)17-21-9-4-10-22-17/h4-10,12,15,18,24H,3,11H2,1-2H3,(H,23,27)(H,25,26)/t12-,15?,18?/m0/s1. The lowest BCUT2D eigenvalue weighted by Gasteiger charge is -2.30. The van der Waals surface area contributed by atoms with Gasteiger partial charge < -0.3 is 15.4 Å². The van der Waals surface area contributed by atoms with Crippen LogP contribution in [0.1, 0.15) is 54.2 Å². The van der Waals surface area contributed by atoms with Crippen LogP contribution in [0.4, 0.5) is 0 Å². The van der Waals surface area contributed by atoms with E-state index in [4.69, 9.17) is 4.74 Å². The van der Waals surface area contributed by atoms with E-state index in [1.807, 2.05) is 6.92 Å². The fourth-order valence-corrected chi connectivity index (χ4v) is 2.99. The van der Waals surface area contributed by atoms with Crippen LogP contribution in [0.15, 0.2) is 42.7 Å². The van der Waals surface area contributed by atoms with Gasteiger partial charge in [-0.15, -0.1) is 0 Å². The van der Waals surface area contributed by atoms with Gasteiger partial charge in [0.15, 0.2) is 5.82 Å². The topological polar surface area (TPSA) is 122 Å². The molecule has 0 bridgehead atoms. The van der Waals surface area contributed by atoms with Crippen LogP contribution in [0.2, 0.25) is 0 Å². The maximum atomic E-state index is 12.7. The van der Waals surface area contributed by atoms with Crippen molar-refractivity contribution >= 4 is 17.8 Å². The van der Waals surface area contributed by atoms with E-state index in [0.29, 0.717) is 18.0 Å². The van der Waals surface area contributed by atoms with Crippen molar-refractivity contribution in [1.29, 1.82) is 0 Å². The number of hydrogen-bond donors (Lipinski definition) is 3. The quantitative estimate of drug-likeness (QED) is 0.622. The van der Waals surface area contributed by atoms with Crippen molar-refractivity contribution in [3.63, 3.8) is 0 Å². The van der Waals surface area contributed by atoms with Gasteiger partial charge in [-0.05, 0) is 37.6 Å². The molecule has 2 heterocycles. The van der Waals surface area contributed by atoms with Gasteiger partial charge in [0.1, 0.15) is 6.17 Å². The molecule has 2 aromatic rings. The molecule has 0 aliphatic carbocycles. The van der Waals surface area contributed by atoms with Gasteiger partial charge in [-0.25, -0.2) is 14.8 Å². The number of ether oxygens (including phenoxy) is 1. The highest BCUT2D eigenvalue weighted by molar-refractivity contribution is 5.90.